The Kier molecular flexibility index (Phi) is 6.73. The third kappa shape index (κ3) is 4.79. The number of benzene rings is 2. The molecular weight excluding hydrogens is 304 g/mol. The van der Waals surface area contributed by atoms with Crippen LogP contribution in [0.15, 0.2) is 72.4 Å². The Morgan fingerprint density at radius 3 is 2.62 bits per heavy atom. The van der Waals surface area contributed by atoms with Gasteiger partial charge in [-0.2, -0.15) is 5.10 Å². The predicted molar refractivity (Wildman–Crippen MR) is 94.1 cm³/mol. The quantitative estimate of drug-likeness (QED) is 0.461. The number of nitrogens with one attached hydrogen (secondary N) is 1. The Balaban J connectivity index is 2.03. The van der Waals surface area contributed by atoms with Gasteiger partial charge in [0.05, 0.1) is 6.21 Å². The van der Waals surface area contributed by atoms with E-state index in [1.807, 2.05) is 54.6 Å². The van der Waals surface area contributed by atoms with Gasteiger partial charge in [-0.15, -0.1) is 0 Å². The number of hydrogen-bond acceptors (Lipinski definition) is 4. The Labute approximate surface area is 141 Å². The lowest BCUT2D eigenvalue weighted by Crippen LogP contribution is -2.26. The van der Waals surface area contributed by atoms with Gasteiger partial charge in [-0.25, -0.2) is 5.43 Å². The van der Waals surface area contributed by atoms with E-state index in [4.69, 9.17) is 9.47 Å². The molecule has 0 spiro atoms. The summed E-state index contributed by atoms with van der Waals surface area (Å²) >= 11 is 0. The van der Waals surface area contributed by atoms with Gasteiger partial charge < -0.3 is 9.47 Å². The van der Waals surface area contributed by atoms with Gasteiger partial charge in [-0.1, -0.05) is 55.1 Å². The van der Waals surface area contributed by atoms with Crippen LogP contribution in [0.1, 0.15) is 17.2 Å². The van der Waals surface area contributed by atoms with Crippen molar-refractivity contribution in [2.24, 2.45) is 5.10 Å². The highest BCUT2D eigenvalue weighted by Gasteiger charge is 2.19. The second kappa shape index (κ2) is 9.27. The average molecular weight is 324 g/mol. The largest absolute Gasteiger partial charge is 0.489 e. The topological polar surface area (TPSA) is 59.9 Å². The van der Waals surface area contributed by atoms with Gasteiger partial charge in [-0.05, 0) is 17.7 Å². The fourth-order valence-electron chi connectivity index (χ4n) is 2.11. The van der Waals surface area contributed by atoms with Crippen LogP contribution < -0.4 is 10.2 Å². The van der Waals surface area contributed by atoms with Crippen LogP contribution >= 0.6 is 0 Å². The highest BCUT2D eigenvalue weighted by atomic mass is 16.5. The molecule has 0 aliphatic heterocycles. The minimum atomic E-state index is -0.712. The number of para-hydroxylation sites is 1. The highest BCUT2D eigenvalue weighted by molar-refractivity contribution is 5.86. The second-order valence-corrected chi connectivity index (χ2v) is 4.90. The Morgan fingerprint density at radius 1 is 1.21 bits per heavy atom. The van der Waals surface area contributed by atoms with Crippen LogP contribution in [0.4, 0.5) is 0 Å². The van der Waals surface area contributed by atoms with Crippen LogP contribution in [0.5, 0.6) is 5.75 Å². The molecule has 5 nitrogen and oxygen atoms in total. The zero-order valence-corrected chi connectivity index (χ0v) is 13.5. The third-order valence-electron chi connectivity index (χ3n) is 3.23. The number of nitrogens with zero attached hydrogens (tertiary/aromatic N) is 1. The SMILES string of the molecule is C=CCOc1ccccc1C=NNC(=O)C(OC)c1ccccc1. The van der Waals surface area contributed by atoms with E-state index in [0.717, 1.165) is 11.1 Å². The molecule has 0 aliphatic rings. The van der Waals surface area contributed by atoms with Crippen LogP contribution in [-0.4, -0.2) is 25.8 Å². The molecule has 2 aromatic carbocycles. The zero-order valence-electron chi connectivity index (χ0n) is 13.5. The van der Waals surface area contributed by atoms with Crippen molar-refractivity contribution in [2.75, 3.05) is 13.7 Å². The van der Waals surface area contributed by atoms with Gasteiger partial charge in [0.25, 0.3) is 5.91 Å². The molecule has 0 radical (unpaired) electrons. The maximum atomic E-state index is 12.2. The highest BCUT2D eigenvalue weighted by Crippen LogP contribution is 2.17. The van der Waals surface area contributed by atoms with Gasteiger partial charge in [0, 0.05) is 12.7 Å². The summed E-state index contributed by atoms with van der Waals surface area (Å²) < 4.78 is 10.8. The molecule has 1 amide bonds. The molecule has 1 N–H and O–H groups in total. The van der Waals surface area contributed by atoms with Crippen LogP contribution in [0.25, 0.3) is 0 Å². The molecule has 0 saturated carbocycles. The Morgan fingerprint density at radius 2 is 1.92 bits per heavy atom. The molecule has 124 valence electrons. The Hall–Kier alpha value is -2.92. The molecule has 5 heteroatoms. The summed E-state index contributed by atoms with van der Waals surface area (Å²) in [6, 6.07) is 16.7. The second-order valence-electron chi connectivity index (χ2n) is 4.90. The number of carbonyl (C=O) groups excluding carboxylic acids is 1. The van der Waals surface area contributed by atoms with Gasteiger partial charge in [0.2, 0.25) is 0 Å². The van der Waals surface area contributed by atoms with Gasteiger partial charge >= 0.3 is 0 Å². The number of carbonyl (C=O) groups is 1. The molecule has 1 atom stereocenters. The van der Waals surface area contributed by atoms with Crippen molar-refractivity contribution in [1.82, 2.24) is 5.43 Å². The number of methoxy groups -OCH3 is 1. The smallest absolute Gasteiger partial charge is 0.273 e. The molecule has 1 unspecified atom stereocenters. The summed E-state index contributed by atoms with van der Waals surface area (Å²) in [5, 5.41) is 3.99. The number of ether oxygens (including phenoxy) is 2. The van der Waals surface area contributed by atoms with E-state index in [9.17, 15) is 4.79 Å². The first kappa shape index (κ1) is 17.4. The number of hydrazone groups is 1. The molecule has 0 saturated heterocycles. The van der Waals surface area contributed by atoms with Gasteiger partial charge in [0.15, 0.2) is 6.10 Å². The van der Waals surface area contributed by atoms with Crippen molar-refractivity contribution >= 4 is 12.1 Å². The molecule has 2 aromatic rings. The van der Waals surface area contributed by atoms with E-state index in [0.29, 0.717) is 12.4 Å². The first-order valence-corrected chi connectivity index (χ1v) is 7.49. The third-order valence-corrected chi connectivity index (χ3v) is 3.23. The van der Waals surface area contributed by atoms with Gasteiger partial charge in [0.1, 0.15) is 12.4 Å². The molecule has 0 aliphatic carbocycles. The maximum absolute atomic E-state index is 12.2. The minimum absolute atomic E-state index is 0.343. The summed E-state index contributed by atoms with van der Waals surface area (Å²) in [6.45, 7) is 4.02. The van der Waals surface area contributed by atoms with Crippen molar-refractivity contribution < 1.29 is 14.3 Å². The predicted octanol–water partition coefficient (Wildman–Crippen LogP) is 3.09. The molecule has 2 rings (SSSR count). The summed E-state index contributed by atoms with van der Waals surface area (Å²) in [4.78, 5) is 12.2. The zero-order chi connectivity index (χ0) is 17.2. The van der Waals surface area contributed by atoms with Crippen LogP contribution in [0.3, 0.4) is 0 Å². The summed E-state index contributed by atoms with van der Waals surface area (Å²) in [5.41, 5.74) is 4.02. The van der Waals surface area contributed by atoms with Crippen LogP contribution in [0, 0.1) is 0 Å². The van der Waals surface area contributed by atoms with Crippen molar-refractivity contribution in [3.05, 3.63) is 78.4 Å². The lowest BCUT2D eigenvalue weighted by molar-refractivity contribution is -0.131. The monoisotopic (exact) mass is 324 g/mol. The molecular formula is C19H20N2O3. The van der Waals surface area contributed by atoms with E-state index < -0.39 is 6.10 Å². The van der Waals surface area contributed by atoms with E-state index in [1.54, 1.807) is 6.08 Å². The van der Waals surface area contributed by atoms with E-state index in [-0.39, 0.29) is 5.91 Å². The normalized spacial score (nSPS) is 11.9. The summed E-state index contributed by atoms with van der Waals surface area (Å²) in [7, 11) is 1.49. The van der Waals surface area contributed by atoms with E-state index >= 15 is 0 Å². The van der Waals surface area contributed by atoms with E-state index in [2.05, 4.69) is 17.1 Å². The van der Waals surface area contributed by atoms with Crippen molar-refractivity contribution in [3.63, 3.8) is 0 Å². The molecule has 0 aromatic heterocycles. The van der Waals surface area contributed by atoms with Crippen LogP contribution in [0.2, 0.25) is 0 Å². The summed E-state index contributed by atoms with van der Waals surface area (Å²) in [5.74, 6) is 0.325. The van der Waals surface area contributed by atoms with Gasteiger partial charge in [-0.3, -0.25) is 4.79 Å². The average Bonchev–Trinajstić information content (AvgIpc) is 2.62. The van der Waals surface area contributed by atoms with Crippen LogP contribution in [-0.2, 0) is 9.53 Å². The van der Waals surface area contributed by atoms with Crippen molar-refractivity contribution in [3.8, 4) is 5.75 Å². The number of amides is 1. The summed E-state index contributed by atoms with van der Waals surface area (Å²) in [6.07, 6.45) is 2.49. The lowest BCUT2D eigenvalue weighted by Gasteiger charge is -2.13. The number of rotatable bonds is 8. The fourth-order valence-corrected chi connectivity index (χ4v) is 2.11. The molecule has 0 fully saturated rings. The molecule has 0 bridgehead atoms. The van der Waals surface area contributed by atoms with Crippen molar-refractivity contribution in [2.45, 2.75) is 6.10 Å². The molecule has 0 heterocycles. The van der Waals surface area contributed by atoms with E-state index in [1.165, 1.54) is 13.3 Å². The molecule has 24 heavy (non-hydrogen) atoms. The maximum Gasteiger partial charge on any atom is 0.273 e. The first-order valence-electron chi connectivity index (χ1n) is 7.49. The Bertz CT molecular complexity index is 699. The first-order chi connectivity index (χ1) is 11.8. The fraction of sp³-hybridized carbons (Fsp3) is 0.158. The lowest BCUT2D eigenvalue weighted by atomic mass is 10.1. The minimum Gasteiger partial charge on any atom is -0.489 e. The number of hydrogen-bond donors (Lipinski definition) is 1. The van der Waals surface area contributed by atoms with Crippen molar-refractivity contribution in [1.29, 1.82) is 0 Å². The standard InChI is InChI=1S/C19H20N2O3/c1-3-13-24-17-12-8-7-11-16(17)14-20-21-19(22)18(23-2)15-9-5-4-6-10-15/h3-12,14,18H,1,13H2,2H3,(H,21,22).